The topological polar surface area (TPSA) is 90.6 Å². The third-order valence-electron chi connectivity index (χ3n) is 4.76. The Labute approximate surface area is 163 Å². The third kappa shape index (κ3) is 3.70. The van der Waals surface area contributed by atoms with Crippen molar-refractivity contribution in [2.75, 3.05) is 36.4 Å². The van der Waals surface area contributed by atoms with E-state index in [0.29, 0.717) is 22.6 Å². The summed E-state index contributed by atoms with van der Waals surface area (Å²) in [5.41, 5.74) is 2.84. The first-order chi connectivity index (χ1) is 13.6. The molecule has 1 fully saturated rings. The Hall–Kier alpha value is -3.32. The molecule has 0 unspecified atom stereocenters. The highest BCUT2D eigenvalue weighted by Gasteiger charge is 2.18. The number of nitrogens with one attached hydrogen (secondary N) is 2. The van der Waals surface area contributed by atoms with Gasteiger partial charge in [-0.15, -0.1) is 0 Å². The van der Waals surface area contributed by atoms with Gasteiger partial charge in [0.15, 0.2) is 11.6 Å². The minimum atomic E-state index is -0.122. The second kappa shape index (κ2) is 7.74. The number of carbonyl (C=O) groups is 1. The molecule has 0 aliphatic carbocycles. The summed E-state index contributed by atoms with van der Waals surface area (Å²) in [7, 11) is 0. The Kier molecular flexibility index (Phi) is 4.99. The predicted octanol–water partition coefficient (Wildman–Crippen LogP) is 3.08. The summed E-state index contributed by atoms with van der Waals surface area (Å²) in [5, 5.41) is 21.1. The number of phenols is 1. The molecule has 0 spiro atoms. The molecule has 0 bridgehead atoms. The minimum absolute atomic E-state index is 0.122. The summed E-state index contributed by atoms with van der Waals surface area (Å²) in [6, 6.07) is 14.7. The van der Waals surface area contributed by atoms with Crippen LogP contribution < -0.4 is 15.5 Å². The number of carbonyl (C=O) groups excluding carboxylic acids is 1. The molecule has 1 saturated heterocycles. The van der Waals surface area contributed by atoms with Crippen molar-refractivity contribution in [3.63, 3.8) is 0 Å². The molecule has 1 aliphatic heterocycles. The van der Waals surface area contributed by atoms with Gasteiger partial charge in [-0.05, 0) is 23.8 Å². The fourth-order valence-electron chi connectivity index (χ4n) is 3.35. The molecule has 2 heterocycles. The minimum Gasteiger partial charge on any atom is -0.507 e. The SMILES string of the molecule is CC(=O)Nc1ccc(-c2cccc(-c3cc(N4CCNCC4)no3)c2O)cc1. The molecule has 1 aromatic heterocycles. The Morgan fingerprint density at radius 2 is 1.86 bits per heavy atom. The number of rotatable bonds is 4. The van der Waals surface area contributed by atoms with Crippen molar-refractivity contribution in [1.82, 2.24) is 10.5 Å². The number of hydrogen-bond donors (Lipinski definition) is 3. The van der Waals surface area contributed by atoms with Gasteiger partial charge in [0.1, 0.15) is 5.75 Å². The number of anilines is 2. The Morgan fingerprint density at radius 1 is 1.14 bits per heavy atom. The van der Waals surface area contributed by atoms with Crippen molar-refractivity contribution < 1.29 is 14.4 Å². The molecule has 2 aromatic carbocycles. The number of benzene rings is 2. The standard InChI is InChI=1S/C21H22N4O3/c1-14(26)23-16-7-5-15(6-8-16)17-3-2-4-18(21(17)27)19-13-20(24-28-19)25-11-9-22-10-12-25/h2-8,13,22,27H,9-12H2,1H3,(H,23,26). The lowest BCUT2D eigenvalue weighted by Crippen LogP contribution is -2.43. The van der Waals surface area contributed by atoms with Crippen LogP contribution in [0.1, 0.15) is 6.92 Å². The second-order valence-electron chi connectivity index (χ2n) is 6.75. The van der Waals surface area contributed by atoms with E-state index in [2.05, 4.69) is 20.7 Å². The first kappa shape index (κ1) is 18.1. The van der Waals surface area contributed by atoms with Crippen molar-refractivity contribution in [2.24, 2.45) is 0 Å². The number of phenolic OH excluding ortho intramolecular Hbond substituents is 1. The van der Waals surface area contributed by atoms with Gasteiger partial charge < -0.3 is 25.2 Å². The number of aromatic hydroxyl groups is 1. The van der Waals surface area contributed by atoms with Crippen molar-refractivity contribution in [1.29, 1.82) is 0 Å². The van der Waals surface area contributed by atoms with Crippen LogP contribution in [0.3, 0.4) is 0 Å². The highest BCUT2D eigenvalue weighted by Crippen LogP contribution is 2.39. The molecule has 0 atom stereocenters. The second-order valence-corrected chi connectivity index (χ2v) is 6.75. The van der Waals surface area contributed by atoms with Gasteiger partial charge in [0.05, 0.1) is 5.56 Å². The molecule has 3 aromatic rings. The quantitative estimate of drug-likeness (QED) is 0.646. The fourth-order valence-corrected chi connectivity index (χ4v) is 3.35. The molecule has 0 radical (unpaired) electrons. The maximum absolute atomic E-state index is 11.2. The molecular formula is C21H22N4O3. The Bertz CT molecular complexity index is 976. The molecule has 3 N–H and O–H groups in total. The van der Waals surface area contributed by atoms with Crippen LogP contribution in [0.25, 0.3) is 22.5 Å². The van der Waals surface area contributed by atoms with Gasteiger partial charge in [0.25, 0.3) is 0 Å². The van der Waals surface area contributed by atoms with Crippen LogP contribution in [-0.2, 0) is 4.79 Å². The Morgan fingerprint density at radius 3 is 2.57 bits per heavy atom. The van der Waals surface area contributed by atoms with Crippen LogP contribution in [0.2, 0.25) is 0 Å². The molecule has 28 heavy (non-hydrogen) atoms. The van der Waals surface area contributed by atoms with E-state index in [9.17, 15) is 9.90 Å². The molecule has 1 aliphatic rings. The number of piperazine rings is 1. The van der Waals surface area contributed by atoms with Crippen LogP contribution in [0.4, 0.5) is 11.5 Å². The average Bonchev–Trinajstić information content (AvgIpc) is 3.19. The largest absolute Gasteiger partial charge is 0.507 e. The normalized spacial score (nSPS) is 14.1. The van der Waals surface area contributed by atoms with E-state index in [1.54, 1.807) is 12.1 Å². The molecule has 4 rings (SSSR count). The smallest absolute Gasteiger partial charge is 0.221 e. The van der Waals surface area contributed by atoms with Gasteiger partial charge in [0.2, 0.25) is 5.91 Å². The third-order valence-corrected chi connectivity index (χ3v) is 4.76. The number of amides is 1. The van der Waals surface area contributed by atoms with Crippen molar-refractivity contribution in [3.05, 3.63) is 48.5 Å². The summed E-state index contributed by atoms with van der Waals surface area (Å²) in [5.74, 6) is 1.32. The van der Waals surface area contributed by atoms with E-state index in [-0.39, 0.29) is 11.7 Å². The van der Waals surface area contributed by atoms with Crippen LogP contribution in [0.5, 0.6) is 5.75 Å². The molecule has 144 valence electrons. The fraction of sp³-hybridized carbons (Fsp3) is 0.238. The van der Waals surface area contributed by atoms with E-state index in [0.717, 1.165) is 37.6 Å². The summed E-state index contributed by atoms with van der Waals surface area (Å²) in [4.78, 5) is 13.3. The predicted molar refractivity (Wildman–Crippen MR) is 108 cm³/mol. The molecular weight excluding hydrogens is 356 g/mol. The highest BCUT2D eigenvalue weighted by molar-refractivity contribution is 5.89. The lowest BCUT2D eigenvalue weighted by molar-refractivity contribution is -0.114. The molecule has 7 nitrogen and oxygen atoms in total. The summed E-state index contributed by atoms with van der Waals surface area (Å²) >= 11 is 0. The lowest BCUT2D eigenvalue weighted by atomic mass is 10.00. The van der Waals surface area contributed by atoms with E-state index in [1.165, 1.54) is 6.92 Å². The van der Waals surface area contributed by atoms with Gasteiger partial charge in [-0.3, -0.25) is 4.79 Å². The van der Waals surface area contributed by atoms with Crippen LogP contribution in [-0.4, -0.2) is 42.3 Å². The van der Waals surface area contributed by atoms with E-state index in [4.69, 9.17) is 4.52 Å². The van der Waals surface area contributed by atoms with Gasteiger partial charge >= 0.3 is 0 Å². The maximum Gasteiger partial charge on any atom is 0.221 e. The number of aromatic nitrogens is 1. The van der Waals surface area contributed by atoms with Crippen LogP contribution in [0, 0.1) is 0 Å². The van der Waals surface area contributed by atoms with Crippen molar-refractivity contribution >= 4 is 17.4 Å². The van der Waals surface area contributed by atoms with Crippen LogP contribution >= 0.6 is 0 Å². The van der Waals surface area contributed by atoms with Gasteiger partial charge in [-0.2, -0.15) is 0 Å². The van der Waals surface area contributed by atoms with Crippen molar-refractivity contribution in [3.8, 4) is 28.2 Å². The lowest BCUT2D eigenvalue weighted by Gasteiger charge is -2.26. The van der Waals surface area contributed by atoms with Crippen molar-refractivity contribution in [2.45, 2.75) is 6.92 Å². The van der Waals surface area contributed by atoms with E-state index in [1.807, 2.05) is 36.4 Å². The number of para-hydroxylation sites is 1. The van der Waals surface area contributed by atoms with Crippen LogP contribution in [0.15, 0.2) is 53.1 Å². The number of hydrogen-bond acceptors (Lipinski definition) is 6. The number of nitrogens with zero attached hydrogens (tertiary/aromatic N) is 2. The zero-order chi connectivity index (χ0) is 19.5. The van der Waals surface area contributed by atoms with E-state index >= 15 is 0 Å². The monoisotopic (exact) mass is 378 g/mol. The van der Waals surface area contributed by atoms with Gasteiger partial charge in [-0.25, -0.2) is 0 Å². The summed E-state index contributed by atoms with van der Waals surface area (Å²) < 4.78 is 5.52. The first-order valence-corrected chi connectivity index (χ1v) is 9.24. The van der Waals surface area contributed by atoms with E-state index < -0.39 is 0 Å². The maximum atomic E-state index is 11.2. The highest BCUT2D eigenvalue weighted by atomic mass is 16.5. The first-order valence-electron chi connectivity index (χ1n) is 9.24. The Balaban J connectivity index is 1.62. The molecule has 7 heteroatoms. The van der Waals surface area contributed by atoms with Gasteiger partial charge in [0, 0.05) is 50.4 Å². The zero-order valence-electron chi connectivity index (χ0n) is 15.6. The summed E-state index contributed by atoms with van der Waals surface area (Å²) in [6.45, 7) is 5.04. The van der Waals surface area contributed by atoms with Gasteiger partial charge in [-0.1, -0.05) is 29.4 Å². The zero-order valence-corrected chi connectivity index (χ0v) is 15.6. The molecule has 0 saturated carbocycles. The molecule has 1 amide bonds. The summed E-state index contributed by atoms with van der Waals surface area (Å²) in [6.07, 6.45) is 0. The average molecular weight is 378 g/mol.